The summed E-state index contributed by atoms with van der Waals surface area (Å²) in [5, 5.41) is 3.19. The Hall–Kier alpha value is -2.30. The van der Waals surface area contributed by atoms with E-state index in [1.807, 2.05) is 41.3 Å². The van der Waals surface area contributed by atoms with Gasteiger partial charge < -0.3 is 15.1 Å². The van der Waals surface area contributed by atoms with Crippen LogP contribution in [0.15, 0.2) is 47.8 Å². The van der Waals surface area contributed by atoms with Crippen molar-refractivity contribution in [2.45, 2.75) is 0 Å². The molecule has 2 heterocycles. The highest BCUT2D eigenvalue weighted by Crippen LogP contribution is 2.35. The molecule has 4 nitrogen and oxygen atoms in total. The lowest BCUT2D eigenvalue weighted by Crippen LogP contribution is -2.36. The summed E-state index contributed by atoms with van der Waals surface area (Å²) in [5.74, 6) is 0.601. The molecule has 0 atom stereocenters. The lowest BCUT2D eigenvalue weighted by atomic mass is 10.1. The highest BCUT2D eigenvalue weighted by atomic mass is 19.1. The minimum atomic E-state index is -0.478. The smallest absolute Gasteiger partial charge is 0.261 e. The lowest BCUT2D eigenvalue weighted by molar-refractivity contribution is -0.114. The van der Waals surface area contributed by atoms with Crippen LogP contribution in [0.25, 0.3) is 0 Å². The monoisotopic (exact) mass is 273 g/mol. The Morgan fingerprint density at radius 3 is 2.80 bits per heavy atom. The van der Waals surface area contributed by atoms with Crippen LogP contribution in [0.5, 0.6) is 0 Å². The normalized spacial score (nSPS) is 17.6. The molecule has 0 bridgehead atoms. The van der Waals surface area contributed by atoms with Crippen molar-refractivity contribution in [2.75, 3.05) is 36.6 Å². The third-order valence-electron chi connectivity index (χ3n) is 3.57. The van der Waals surface area contributed by atoms with Crippen molar-refractivity contribution in [3.05, 3.63) is 47.8 Å². The number of hydrogen-bond acceptors (Lipinski definition) is 3. The van der Waals surface area contributed by atoms with Crippen LogP contribution in [0.4, 0.5) is 15.8 Å². The van der Waals surface area contributed by atoms with Crippen molar-refractivity contribution in [3.63, 3.8) is 0 Å². The molecule has 0 unspecified atom stereocenters. The van der Waals surface area contributed by atoms with Gasteiger partial charge in [0.25, 0.3) is 5.91 Å². The number of alkyl halides is 1. The molecule has 1 N–H and O–H groups in total. The summed E-state index contributed by atoms with van der Waals surface area (Å²) in [6, 6.07) is 7.56. The number of nitrogens with zero attached hydrogens (tertiary/aromatic N) is 2. The summed E-state index contributed by atoms with van der Waals surface area (Å²) >= 11 is 0. The molecular formula is C15H16FN3O. The van der Waals surface area contributed by atoms with Crippen LogP contribution >= 0.6 is 0 Å². The highest BCUT2D eigenvalue weighted by Gasteiger charge is 2.30. The minimum absolute atomic E-state index is 0.0859. The van der Waals surface area contributed by atoms with Crippen LogP contribution < -0.4 is 15.1 Å². The largest absolute Gasteiger partial charge is 0.367 e. The number of carbonyl (C=O) groups is 1. The summed E-state index contributed by atoms with van der Waals surface area (Å²) in [5.41, 5.74) is 2.20. The molecular weight excluding hydrogens is 257 g/mol. The Kier molecular flexibility index (Phi) is 3.18. The van der Waals surface area contributed by atoms with Gasteiger partial charge in [0.05, 0.1) is 23.5 Å². The van der Waals surface area contributed by atoms with Gasteiger partial charge in [-0.05, 0) is 18.2 Å². The van der Waals surface area contributed by atoms with E-state index in [-0.39, 0.29) is 12.5 Å². The van der Waals surface area contributed by atoms with Gasteiger partial charge in [-0.2, -0.15) is 0 Å². The Morgan fingerprint density at radius 1 is 1.30 bits per heavy atom. The number of rotatable bonds is 2. The van der Waals surface area contributed by atoms with Crippen LogP contribution in [0.1, 0.15) is 0 Å². The number of fused-ring (bicyclic) bond motifs is 1. The number of nitrogens with one attached hydrogen (secondary N) is 1. The predicted molar refractivity (Wildman–Crippen MR) is 77.3 cm³/mol. The Morgan fingerprint density at radius 2 is 2.05 bits per heavy atom. The number of amides is 1. The molecule has 0 saturated heterocycles. The Bertz CT molecular complexity index is 609. The van der Waals surface area contributed by atoms with E-state index in [1.165, 1.54) is 0 Å². The van der Waals surface area contributed by atoms with Crippen molar-refractivity contribution >= 4 is 17.3 Å². The van der Waals surface area contributed by atoms with E-state index < -0.39 is 6.67 Å². The maximum atomic E-state index is 12.9. The number of anilines is 2. The predicted octanol–water partition coefficient (Wildman–Crippen LogP) is 1.81. The van der Waals surface area contributed by atoms with Crippen LogP contribution in [0.2, 0.25) is 0 Å². The van der Waals surface area contributed by atoms with Crippen molar-refractivity contribution in [1.82, 2.24) is 5.32 Å². The fourth-order valence-electron chi connectivity index (χ4n) is 2.62. The van der Waals surface area contributed by atoms with E-state index in [4.69, 9.17) is 0 Å². The van der Waals surface area contributed by atoms with E-state index in [9.17, 15) is 9.18 Å². The summed E-state index contributed by atoms with van der Waals surface area (Å²) in [7, 11) is 1.74. The SMILES string of the molecule is CN1C(=O)C2=C(NCC=C2)N(CCF)c2ccccc21. The second-order valence-electron chi connectivity index (χ2n) is 4.74. The zero-order valence-corrected chi connectivity index (χ0v) is 11.3. The van der Waals surface area contributed by atoms with Crippen LogP contribution in [0.3, 0.4) is 0 Å². The molecule has 0 radical (unpaired) electrons. The number of para-hydroxylation sites is 2. The van der Waals surface area contributed by atoms with Gasteiger partial charge >= 0.3 is 0 Å². The molecule has 20 heavy (non-hydrogen) atoms. The molecule has 2 aliphatic heterocycles. The van der Waals surface area contributed by atoms with Crippen molar-refractivity contribution in [1.29, 1.82) is 0 Å². The fourth-order valence-corrected chi connectivity index (χ4v) is 2.62. The molecule has 5 heteroatoms. The second-order valence-corrected chi connectivity index (χ2v) is 4.74. The first-order chi connectivity index (χ1) is 9.74. The number of hydrogen-bond donors (Lipinski definition) is 1. The number of dihydropyridines is 1. The fraction of sp³-hybridized carbons (Fsp3) is 0.267. The zero-order chi connectivity index (χ0) is 14.1. The summed E-state index contributed by atoms with van der Waals surface area (Å²) in [6.07, 6.45) is 3.70. The lowest BCUT2D eigenvalue weighted by Gasteiger charge is -2.29. The zero-order valence-electron chi connectivity index (χ0n) is 11.3. The summed E-state index contributed by atoms with van der Waals surface area (Å²) < 4.78 is 12.9. The van der Waals surface area contributed by atoms with Gasteiger partial charge in [0.2, 0.25) is 0 Å². The third-order valence-corrected chi connectivity index (χ3v) is 3.57. The Labute approximate surface area is 117 Å². The average molecular weight is 273 g/mol. The van der Waals surface area contributed by atoms with Crippen molar-refractivity contribution < 1.29 is 9.18 Å². The molecule has 0 aromatic heterocycles. The molecule has 1 aromatic carbocycles. The average Bonchev–Trinajstić information content (AvgIpc) is 2.58. The number of carbonyl (C=O) groups excluding carboxylic acids is 1. The molecule has 3 rings (SSSR count). The first-order valence-corrected chi connectivity index (χ1v) is 6.59. The molecule has 104 valence electrons. The number of halogens is 1. The summed E-state index contributed by atoms with van der Waals surface area (Å²) in [6.45, 7) is 0.382. The van der Waals surface area contributed by atoms with Gasteiger partial charge in [-0.25, -0.2) is 4.39 Å². The highest BCUT2D eigenvalue weighted by molar-refractivity contribution is 6.11. The molecule has 1 aromatic rings. The first kappa shape index (κ1) is 12.7. The van der Waals surface area contributed by atoms with Gasteiger partial charge in [-0.1, -0.05) is 18.2 Å². The van der Waals surface area contributed by atoms with Crippen LogP contribution in [-0.2, 0) is 4.79 Å². The van der Waals surface area contributed by atoms with Gasteiger partial charge in [-0.3, -0.25) is 4.79 Å². The molecule has 2 aliphatic rings. The molecule has 0 spiro atoms. The van der Waals surface area contributed by atoms with Gasteiger partial charge in [-0.15, -0.1) is 0 Å². The van der Waals surface area contributed by atoms with Gasteiger partial charge in [0, 0.05) is 13.6 Å². The molecule has 1 amide bonds. The molecule has 0 saturated carbocycles. The molecule has 0 aliphatic carbocycles. The third kappa shape index (κ3) is 1.86. The first-order valence-electron chi connectivity index (χ1n) is 6.59. The van der Waals surface area contributed by atoms with E-state index in [0.717, 1.165) is 11.4 Å². The van der Waals surface area contributed by atoms with Gasteiger partial charge in [0.1, 0.15) is 12.5 Å². The van der Waals surface area contributed by atoms with E-state index in [2.05, 4.69) is 5.32 Å². The Balaban J connectivity index is 2.21. The van der Waals surface area contributed by atoms with Crippen LogP contribution in [0, 0.1) is 0 Å². The maximum absolute atomic E-state index is 12.9. The van der Waals surface area contributed by atoms with Gasteiger partial charge in [0.15, 0.2) is 0 Å². The maximum Gasteiger partial charge on any atom is 0.261 e. The van der Waals surface area contributed by atoms with Crippen LogP contribution in [-0.4, -0.2) is 32.7 Å². The second kappa shape index (κ2) is 5.00. The quantitative estimate of drug-likeness (QED) is 0.892. The minimum Gasteiger partial charge on any atom is -0.367 e. The standard InChI is InChI=1S/C15H16FN3O/c1-18-12-6-2-3-7-13(12)19(10-8-16)14-11(15(18)20)5-4-9-17-14/h2-7,17H,8-10H2,1H3. The van der Waals surface area contributed by atoms with Crippen molar-refractivity contribution in [3.8, 4) is 0 Å². The number of benzene rings is 1. The molecule has 0 fully saturated rings. The van der Waals surface area contributed by atoms with Crippen molar-refractivity contribution in [2.24, 2.45) is 0 Å². The van der Waals surface area contributed by atoms with E-state index in [1.54, 1.807) is 11.9 Å². The topological polar surface area (TPSA) is 35.6 Å². The van der Waals surface area contributed by atoms with E-state index >= 15 is 0 Å². The van der Waals surface area contributed by atoms with E-state index in [0.29, 0.717) is 17.9 Å². The summed E-state index contributed by atoms with van der Waals surface area (Å²) in [4.78, 5) is 16.0. The number of likely N-dealkylation sites (N-methyl/N-ethyl adjacent to an activating group) is 1.